The van der Waals surface area contributed by atoms with Gasteiger partial charge in [-0.1, -0.05) is 57.8 Å². The van der Waals surface area contributed by atoms with Crippen LogP contribution in [0.5, 0.6) is 5.75 Å². The van der Waals surface area contributed by atoms with Gasteiger partial charge in [0.25, 0.3) is 0 Å². The van der Waals surface area contributed by atoms with Crippen LogP contribution < -0.4 is 20.3 Å². The molecule has 2 heteroatoms. The Bertz CT molecular complexity index is 1140. The van der Waals surface area contributed by atoms with E-state index in [-0.39, 0.29) is 0 Å². The lowest BCUT2D eigenvalue weighted by molar-refractivity contribution is 0.418. The quantitative estimate of drug-likeness (QED) is 0.368. The Kier molecular flexibility index (Phi) is 4.55. The zero-order valence-corrected chi connectivity index (χ0v) is 18.7. The van der Waals surface area contributed by atoms with Crippen LogP contribution in [0.2, 0.25) is 6.55 Å². The second-order valence-electron chi connectivity index (χ2n) is 8.03. The van der Waals surface area contributed by atoms with Gasteiger partial charge in [0.2, 0.25) is 0 Å². The number of fused-ring (bicyclic) bond motifs is 1. The molecular weight excluding hydrogens is 356 g/mol. The van der Waals surface area contributed by atoms with Crippen LogP contribution in [-0.2, 0) is 0 Å². The maximum atomic E-state index is 5.87. The van der Waals surface area contributed by atoms with E-state index in [1.54, 1.807) is 12.3 Å². The first kappa shape index (κ1) is 18.8. The highest BCUT2D eigenvalue weighted by Gasteiger charge is 2.34. The highest BCUT2D eigenvalue weighted by Crippen LogP contribution is 2.27. The molecule has 0 saturated heterocycles. The summed E-state index contributed by atoms with van der Waals surface area (Å²) in [7, 11) is -0.491. The summed E-state index contributed by atoms with van der Waals surface area (Å²) in [5.41, 5.74) is 5.75. The second kappa shape index (κ2) is 6.79. The zero-order chi connectivity index (χ0) is 20.1. The topological polar surface area (TPSA) is 9.23 Å². The van der Waals surface area contributed by atoms with Crippen LogP contribution in [0.25, 0.3) is 10.8 Å². The minimum absolute atomic E-state index is 0.997. The van der Waals surface area contributed by atoms with E-state index in [1.165, 1.54) is 43.4 Å². The van der Waals surface area contributed by atoms with E-state index in [0.29, 0.717) is 0 Å². The molecule has 0 aromatic heterocycles. The fraction of sp³-hybridized carbons (Fsp3) is 0.231. The lowest BCUT2D eigenvalue weighted by Gasteiger charge is -2.39. The van der Waals surface area contributed by atoms with E-state index in [2.05, 4.69) is 94.9 Å². The van der Waals surface area contributed by atoms with Crippen molar-refractivity contribution in [2.75, 3.05) is 7.11 Å². The molecule has 1 nitrogen and oxygen atoms in total. The molecule has 0 spiro atoms. The largest absolute Gasteiger partial charge is 0.497 e. The third-order valence-corrected chi connectivity index (χ3v) is 11.6. The van der Waals surface area contributed by atoms with Gasteiger partial charge in [0, 0.05) is 0 Å². The maximum Gasteiger partial charge on any atom is 0.118 e. The summed E-state index contributed by atoms with van der Waals surface area (Å²) >= 11 is 0. The molecule has 0 heterocycles. The molecule has 0 aliphatic rings. The van der Waals surface area contributed by atoms with Gasteiger partial charge in [-0.2, -0.15) is 27.4 Å². The Morgan fingerprint density at radius 3 is 2.21 bits per heavy atom. The zero-order valence-electron chi connectivity index (χ0n) is 17.7. The van der Waals surface area contributed by atoms with Crippen molar-refractivity contribution >= 4 is 34.4 Å². The van der Waals surface area contributed by atoms with Crippen LogP contribution in [0, 0.1) is 27.7 Å². The fourth-order valence-electron chi connectivity index (χ4n) is 5.03. The summed E-state index contributed by atoms with van der Waals surface area (Å²) in [6.07, 6.45) is 0. The van der Waals surface area contributed by atoms with Crippen molar-refractivity contribution in [3.05, 3.63) is 82.9 Å². The molecule has 4 aromatic rings. The molecule has 28 heavy (non-hydrogen) atoms. The smallest absolute Gasteiger partial charge is 0.118 e. The summed E-state index contributed by atoms with van der Waals surface area (Å²) in [4.78, 5) is 0. The van der Waals surface area contributed by atoms with Gasteiger partial charge in [-0.05, 0) is 11.3 Å². The van der Waals surface area contributed by atoms with Crippen molar-refractivity contribution in [3.8, 4) is 5.75 Å². The van der Waals surface area contributed by atoms with Gasteiger partial charge >= 0.3 is 0 Å². The van der Waals surface area contributed by atoms with Crippen LogP contribution in [0.15, 0.2) is 60.7 Å². The van der Waals surface area contributed by atoms with Crippen molar-refractivity contribution in [3.63, 3.8) is 0 Å². The molecule has 1 atom stereocenters. The average Bonchev–Trinajstić information content (AvgIpc) is 3.24. The first-order valence-corrected chi connectivity index (χ1v) is 12.4. The molecule has 0 N–H and O–H groups in total. The van der Waals surface area contributed by atoms with E-state index in [4.69, 9.17) is 4.74 Å². The lowest BCUT2D eigenvalue weighted by atomic mass is 10.2. The highest BCUT2D eigenvalue weighted by atomic mass is 28.3. The van der Waals surface area contributed by atoms with Crippen LogP contribution in [-0.4, -0.2) is 15.2 Å². The van der Waals surface area contributed by atoms with Gasteiger partial charge in [-0.3, -0.25) is 0 Å². The number of hydrogen-bond donors (Lipinski definition) is 0. The van der Waals surface area contributed by atoms with Gasteiger partial charge < -0.3 is 4.74 Å². The Morgan fingerprint density at radius 2 is 1.54 bits per heavy atom. The molecular formula is C26H28OSi-2. The molecule has 1 unspecified atom stereocenters. The molecule has 0 aliphatic carbocycles. The standard InChI is InChI=1S/C26H28OSi/c1-17-18(2)20(4)26(19(17)3)28(6,25-14-10-9-13-23(25)27-5)24-16-15-21-11-7-8-12-22(21)24/h7-16H,1-6H3/q-2. The average molecular weight is 385 g/mol. The Balaban J connectivity index is 2.16. The van der Waals surface area contributed by atoms with Crippen molar-refractivity contribution < 1.29 is 4.74 Å². The molecule has 0 amide bonds. The summed E-state index contributed by atoms with van der Waals surface area (Å²) in [5, 5.41) is 7.07. The Morgan fingerprint density at radius 1 is 0.821 bits per heavy atom. The van der Waals surface area contributed by atoms with E-state index in [9.17, 15) is 0 Å². The number of ether oxygens (including phenoxy) is 1. The number of hydrogen-bond acceptors (Lipinski definition) is 1. The third kappa shape index (κ3) is 2.51. The summed E-state index contributed by atoms with van der Waals surface area (Å²) in [6.45, 7) is 11.6. The van der Waals surface area contributed by atoms with Gasteiger partial charge in [0.1, 0.15) is 5.75 Å². The molecule has 0 radical (unpaired) electrons. The van der Waals surface area contributed by atoms with Crippen LogP contribution in [0.1, 0.15) is 22.3 Å². The summed E-state index contributed by atoms with van der Waals surface area (Å²) < 4.78 is 5.87. The second-order valence-corrected chi connectivity index (χ2v) is 11.9. The Hall–Kier alpha value is -2.58. The van der Waals surface area contributed by atoms with E-state index >= 15 is 0 Å². The van der Waals surface area contributed by atoms with Crippen LogP contribution in [0.3, 0.4) is 0 Å². The molecule has 4 aromatic carbocycles. The normalized spacial score (nSPS) is 13.6. The van der Waals surface area contributed by atoms with Gasteiger partial charge in [-0.15, -0.1) is 47.0 Å². The van der Waals surface area contributed by atoms with Crippen LogP contribution in [0.4, 0.5) is 0 Å². The first-order valence-electron chi connectivity index (χ1n) is 9.93. The number of para-hydroxylation sites is 1. The monoisotopic (exact) mass is 384 g/mol. The minimum Gasteiger partial charge on any atom is -0.497 e. The van der Waals surface area contributed by atoms with Gasteiger partial charge in [-0.25, -0.2) is 0 Å². The fourth-order valence-corrected chi connectivity index (χ4v) is 10.0. The van der Waals surface area contributed by atoms with Crippen molar-refractivity contribution in [1.29, 1.82) is 0 Å². The Labute approximate surface area is 169 Å². The predicted molar refractivity (Wildman–Crippen MR) is 124 cm³/mol. The van der Waals surface area contributed by atoms with E-state index in [1.807, 2.05) is 0 Å². The third-order valence-electron chi connectivity index (χ3n) is 6.80. The maximum absolute atomic E-state index is 5.87. The predicted octanol–water partition coefficient (Wildman–Crippen LogP) is 4.62. The summed E-state index contributed by atoms with van der Waals surface area (Å²) in [5.74, 6) is 0.997. The number of benzene rings is 2. The lowest BCUT2D eigenvalue weighted by Crippen LogP contribution is -2.66. The van der Waals surface area contributed by atoms with Gasteiger partial charge in [0.05, 0.1) is 15.2 Å². The summed E-state index contributed by atoms with van der Waals surface area (Å²) in [6, 6.07) is 22.0. The molecule has 4 rings (SSSR count). The van der Waals surface area contributed by atoms with Gasteiger partial charge in [0.15, 0.2) is 0 Å². The first-order chi connectivity index (χ1) is 13.4. The molecule has 0 fully saturated rings. The number of methoxy groups -OCH3 is 1. The van der Waals surface area contributed by atoms with Crippen molar-refractivity contribution in [2.45, 2.75) is 34.2 Å². The SMILES string of the molecule is COc1ccccc1[Si](C)(c1cc[c-]2ccccc12)c1c(C)c(C)c(C)[c-]1C. The van der Waals surface area contributed by atoms with E-state index in [0.717, 1.165) is 5.75 Å². The number of rotatable bonds is 4. The van der Waals surface area contributed by atoms with Crippen molar-refractivity contribution in [2.24, 2.45) is 0 Å². The molecule has 0 bridgehead atoms. The highest BCUT2D eigenvalue weighted by molar-refractivity contribution is 7.12. The minimum atomic E-state index is -2.28. The van der Waals surface area contributed by atoms with Crippen LogP contribution >= 0.6 is 0 Å². The van der Waals surface area contributed by atoms with E-state index < -0.39 is 8.07 Å². The van der Waals surface area contributed by atoms with Crippen molar-refractivity contribution in [1.82, 2.24) is 0 Å². The molecule has 144 valence electrons. The molecule has 0 aliphatic heterocycles. The molecule has 0 saturated carbocycles.